The molecule has 0 radical (unpaired) electrons. The summed E-state index contributed by atoms with van der Waals surface area (Å²) < 4.78 is 13.5. The van der Waals surface area contributed by atoms with Crippen LogP contribution in [0.15, 0.2) is 36.8 Å². The number of benzene rings is 1. The van der Waals surface area contributed by atoms with E-state index in [-0.39, 0.29) is 0 Å². The molecule has 2 aromatic rings. The zero-order valence-electron chi connectivity index (χ0n) is 8.89. The number of anilines is 1. The molecule has 5 heteroatoms. The van der Waals surface area contributed by atoms with Crippen LogP contribution >= 0.6 is 0 Å². The largest absolute Gasteiger partial charge is 0.365 e. The van der Waals surface area contributed by atoms with E-state index in [0.29, 0.717) is 23.5 Å². The van der Waals surface area contributed by atoms with Gasteiger partial charge in [0.05, 0.1) is 17.8 Å². The van der Waals surface area contributed by atoms with Crippen LogP contribution in [0.5, 0.6) is 0 Å². The summed E-state index contributed by atoms with van der Waals surface area (Å²) in [6.45, 7) is 0.302. The van der Waals surface area contributed by atoms with Gasteiger partial charge in [-0.05, 0) is 12.1 Å². The first-order valence-corrected chi connectivity index (χ1v) is 4.98. The fourth-order valence-electron chi connectivity index (χ4n) is 1.34. The molecule has 1 aromatic carbocycles. The minimum Gasteiger partial charge on any atom is -0.365 e. The van der Waals surface area contributed by atoms with E-state index in [4.69, 9.17) is 5.26 Å². The molecule has 0 atom stereocenters. The number of halogens is 1. The van der Waals surface area contributed by atoms with Crippen molar-refractivity contribution < 1.29 is 4.39 Å². The molecule has 0 unspecified atom stereocenters. The molecule has 4 nitrogen and oxygen atoms in total. The third kappa shape index (κ3) is 2.75. The maximum Gasteiger partial charge on any atom is 0.144 e. The van der Waals surface area contributed by atoms with Crippen LogP contribution in [0.1, 0.15) is 11.1 Å². The average Bonchev–Trinajstić information content (AvgIpc) is 2.38. The number of hydrogen-bond donors (Lipinski definition) is 1. The Labute approximate surface area is 97.8 Å². The zero-order chi connectivity index (χ0) is 12.1. The van der Waals surface area contributed by atoms with Crippen molar-refractivity contribution in [2.75, 3.05) is 5.32 Å². The highest BCUT2D eigenvalue weighted by Gasteiger charge is 2.03. The summed E-state index contributed by atoms with van der Waals surface area (Å²) in [5, 5.41) is 11.6. The van der Waals surface area contributed by atoms with Crippen molar-refractivity contribution in [3.63, 3.8) is 0 Å². The van der Waals surface area contributed by atoms with Crippen LogP contribution in [0.25, 0.3) is 0 Å². The van der Waals surface area contributed by atoms with Crippen LogP contribution in [0.4, 0.5) is 10.2 Å². The van der Waals surface area contributed by atoms with Crippen LogP contribution in [-0.4, -0.2) is 9.97 Å². The molecule has 0 amide bonds. The molecule has 0 bridgehead atoms. The molecule has 17 heavy (non-hydrogen) atoms. The minimum atomic E-state index is -0.402. The van der Waals surface area contributed by atoms with Gasteiger partial charge in [0.2, 0.25) is 0 Å². The van der Waals surface area contributed by atoms with Crippen molar-refractivity contribution in [3.8, 4) is 6.07 Å². The lowest BCUT2D eigenvalue weighted by Crippen LogP contribution is -2.03. The Morgan fingerprint density at radius 1 is 1.35 bits per heavy atom. The summed E-state index contributed by atoms with van der Waals surface area (Å²) in [7, 11) is 0. The summed E-state index contributed by atoms with van der Waals surface area (Å²) >= 11 is 0. The maximum atomic E-state index is 13.5. The van der Waals surface area contributed by atoms with Gasteiger partial charge in [-0.25, -0.2) is 9.37 Å². The highest BCUT2D eigenvalue weighted by molar-refractivity contribution is 5.36. The Kier molecular flexibility index (Phi) is 3.26. The second kappa shape index (κ2) is 5.03. The third-order valence-electron chi connectivity index (χ3n) is 2.21. The van der Waals surface area contributed by atoms with E-state index in [1.165, 1.54) is 6.07 Å². The van der Waals surface area contributed by atoms with Crippen LogP contribution in [-0.2, 0) is 6.54 Å². The van der Waals surface area contributed by atoms with Crippen molar-refractivity contribution in [1.29, 1.82) is 5.26 Å². The number of nitrogens with one attached hydrogen (secondary N) is 1. The second-order valence-electron chi connectivity index (χ2n) is 3.36. The lowest BCUT2D eigenvalue weighted by atomic mass is 10.1. The average molecular weight is 228 g/mol. The fraction of sp³-hybridized carbons (Fsp3) is 0.0833. The smallest absolute Gasteiger partial charge is 0.144 e. The van der Waals surface area contributed by atoms with Gasteiger partial charge in [-0.2, -0.15) is 5.26 Å². The highest BCUT2D eigenvalue weighted by atomic mass is 19.1. The van der Waals surface area contributed by atoms with Crippen LogP contribution in [0.3, 0.4) is 0 Å². The van der Waals surface area contributed by atoms with Gasteiger partial charge < -0.3 is 5.32 Å². The molecule has 1 aromatic heterocycles. The van der Waals surface area contributed by atoms with Crippen molar-refractivity contribution in [2.45, 2.75) is 6.54 Å². The number of aromatic nitrogens is 2. The maximum absolute atomic E-state index is 13.5. The minimum absolute atomic E-state index is 0.302. The molecule has 1 heterocycles. The van der Waals surface area contributed by atoms with Crippen molar-refractivity contribution in [3.05, 3.63) is 53.7 Å². The molecule has 0 aliphatic carbocycles. The molecular weight excluding hydrogens is 219 g/mol. The molecule has 0 spiro atoms. The summed E-state index contributed by atoms with van der Waals surface area (Å²) in [6, 6.07) is 6.26. The number of rotatable bonds is 3. The summed E-state index contributed by atoms with van der Waals surface area (Å²) in [6.07, 6.45) is 4.67. The molecule has 2 rings (SSSR count). The normalized spacial score (nSPS) is 9.65. The van der Waals surface area contributed by atoms with Gasteiger partial charge >= 0.3 is 0 Å². The monoisotopic (exact) mass is 228 g/mol. The highest BCUT2D eigenvalue weighted by Crippen LogP contribution is 2.11. The van der Waals surface area contributed by atoms with Gasteiger partial charge in [0.25, 0.3) is 0 Å². The molecule has 0 aliphatic heterocycles. The van der Waals surface area contributed by atoms with Crippen LogP contribution in [0, 0.1) is 17.1 Å². The van der Waals surface area contributed by atoms with E-state index in [0.717, 1.165) is 0 Å². The first-order valence-electron chi connectivity index (χ1n) is 4.98. The van der Waals surface area contributed by atoms with Crippen molar-refractivity contribution in [1.82, 2.24) is 9.97 Å². The van der Waals surface area contributed by atoms with Crippen molar-refractivity contribution in [2.24, 2.45) is 0 Å². The van der Waals surface area contributed by atoms with Gasteiger partial charge in [-0.1, -0.05) is 6.07 Å². The predicted octanol–water partition coefficient (Wildman–Crippen LogP) is 2.10. The Morgan fingerprint density at radius 2 is 2.24 bits per heavy atom. The van der Waals surface area contributed by atoms with Gasteiger partial charge in [0.15, 0.2) is 0 Å². The van der Waals surface area contributed by atoms with E-state index >= 15 is 0 Å². The standard InChI is InChI=1S/C12H9FN4/c13-11-5-9(6-14)1-2-10(11)7-17-12-8-15-3-4-16-12/h1-5,8H,7H2,(H,16,17). The van der Waals surface area contributed by atoms with E-state index < -0.39 is 5.82 Å². The van der Waals surface area contributed by atoms with E-state index in [1.807, 2.05) is 6.07 Å². The van der Waals surface area contributed by atoms with Crippen LogP contribution in [0.2, 0.25) is 0 Å². The molecule has 84 valence electrons. The Balaban J connectivity index is 2.08. The Bertz CT molecular complexity index is 548. The number of nitriles is 1. The lowest BCUT2D eigenvalue weighted by molar-refractivity contribution is 0.612. The van der Waals surface area contributed by atoms with Crippen LogP contribution < -0.4 is 5.32 Å². The Hall–Kier alpha value is -2.48. The quantitative estimate of drug-likeness (QED) is 0.873. The summed E-state index contributed by atoms with van der Waals surface area (Å²) in [4.78, 5) is 7.89. The topological polar surface area (TPSA) is 61.6 Å². The fourth-order valence-corrected chi connectivity index (χ4v) is 1.34. The summed E-state index contributed by atoms with van der Waals surface area (Å²) in [5.74, 6) is 0.178. The predicted molar refractivity (Wildman–Crippen MR) is 60.5 cm³/mol. The molecule has 0 aliphatic rings. The molecule has 1 N–H and O–H groups in total. The van der Waals surface area contributed by atoms with E-state index in [2.05, 4.69) is 15.3 Å². The second-order valence-corrected chi connectivity index (χ2v) is 3.36. The van der Waals surface area contributed by atoms with Gasteiger partial charge in [-0.3, -0.25) is 4.98 Å². The first kappa shape index (κ1) is 11.0. The molecular formula is C12H9FN4. The van der Waals surface area contributed by atoms with E-state index in [9.17, 15) is 4.39 Å². The van der Waals surface area contributed by atoms with E-state index in [1.54, 1.807) is 30.7 Å². The van der Waals surface area contributed by atoms with Gasteiger partial charge in [0, 0.05) is 24.5 Å². The molecule has 0 saturated carbocycles. The third-order valence-corrected chi connectivity index (χ3v) is 2.21. The zero-order valence-corrected chi connectivity index (χ0v) is 8.89. The van der Waals surface area contributed by atoms with Gasteiger partial charge in [0.1, 0.15) is 11.6 Å². The number of nitrogens with zero attached hydrogens (tertiary/aromatic N) is 3. The molecule has 0 saturated heterocycles. The number of hydrogen-bond acceptors (Lipinski definition) is 4. The van der Waals surface area contributed by atoms with Crippen molar-refractivity contribution >= 4 is 5.82 Å². The molecule has 0 fully saturated rings. The lowest BCUT2D eigenvalue weighted by Gasteiger charge is -2.06. The van der Waals surface area contributed by atoms with Gasteiger partial charge in [-0.15, -0.1) is 0 Å². The summed E-state index contributed by atoms with van der Waals surface area (Å²) in [5.41, 5.74) is 0.792. The SMILES string of the molecule is N#Cc1ccc(CNc2cnccn2)c(F)c1. The Morgan fingerprint density at radius 3 is 2.88 bits per heavy atom. The first-order chi connectivity index (χ1) is 8.29.